The quantitative estimate of drug-likeness (QED) is 0.670. The first-order valence-electron chi connectivity index (χ1n) is 5.69. The number of sulfonamides is 1. The molecule has 2 heterocycles. The molecular formula is C12H10N4O3S. The van der Waals surface area contributed by atoms with E-state index in [0.29, 0.717) is 5.69 Å². The highest BCUT2D eigenvalue weighted by Crippen LogP contribution is 2.19. The lowest BCUT2D eigenvalue weighted by Crippen LogP contribution is -2.20. The maximum absolute atomic E-state index is 12.1. The van der Waals surface area contributed by atoms with E-state index in [1.807, 2.05) is 0 Å². The van der Waals surface area contributed by atoms with Crippen LogP contribution < -0.4 is 10.2 Å². The third-order valence-electron chi connectivity index (χ3n) is 2.77. The third-order valence-corrected chi connectivity index (χ3v) is 4.17. The Hall–Kier alpha value is -2.61. The van der Waals surface area contributed by atoms with Crippen LogP contribution in [0.15, 0.2) is 52.5 Å². The fourth-order valence-electron chi connectivity index (χ4n) is 1.83. The Bertz CT molecular complexity index is 927. The molecule has 20 heavy (non-hydrogen) atoms. The van der Waals surface area contributed by atoms with Crippen molar-refractivity contribution in [1.82, 2.24) is 15.2 Å². The van der Waals surface area contributed by atoms with Gasteiger partial charge in [0.2, 0.25) is 5.43 Å². The molecule has 7 nitrogen and oxygen atoms in total. The minimum absolute atomic E-state index is 0.327. The zero-order valence-corrected chi connectivity index (χ0v) is 10.9. The summed E-state index contributed by atoms with van der Waals surface area (Å²) in [7, 11) is -3.92. The number of benzene rings is 1. The van der Waals surface area contributed by atoms with Crippen LogP contribution in [0.5, 0.6) is 0 Å². The summed E-state index contributed by atoms with van der Waals surface area (Å²) in [5.74, 6) is 0. The zero-order chi connectivity index (χ0) is 14.2. The molecule has 0 aliphatic heterocycles. The molecule has 0 aliphatic carbocycles. The van der Waals surface area contributed by atoms with E-state index in [9.17, 15) is 13.2 Å². The van der Waals surface area contributed by atoms with Crippen LogP contribution in [0.25, 0.3) is 10.9 Å². The van der Waals surface area contributed by atoms with Gasteiger partial charge in [-0.05, 0) is 18.2 Å². The van der Waals surface area contributed by atoms with Crippen molar-refractivity contribution in [2.24, 2.45) is 0 Å². The molecular weight excluding hydrogens is 280 g/mol. The molecule has 0 spiro atoms. The van der Waals surface area contributed by atoms with Crippen molar-refractivity contribution in [3.8, 4) is 0 Å². The SMILES string of the molecule is O=c1cc[nH]cc1S(=O)(=O)Nc1ccc2[nH]ncc2c1. The predicted molar refractivity (Wildman–Crippen MR) is 74.0 cm³/mol. The van der Waals surface area contributed by atoms with Crippen molar-refractivity contribution in [1.29, 1.82) is 0 Å². The van der Waals surface area contributed by atoms with Crippen molar-refractivity contribution < 1.29 is 8.42 Å². The smallest absolute Gasteiger partial charge is 0.267 e. The van der Waals surface area contributed by atoms with Gasteiger partial charge in [0.1, 0.15) is 0 Å². The summed E-state index contributed by atoms with van der Waals surface area (Å²) >= 11 is 0. The van der Waals surface area contributed by atoms with Crippen LogP contribution in [0.1, 0.15) is 0 Å². The first-order valence-corrected chi connectivity index (χ1v) is 7.18. The van der Waals surface area contributed by atoms with Crippen LogP contribution in [0.3, 0.4) is 0 Å². The molecule has 102 valence electrons. The maximum Gasteiger partial charge on any atom is 0.267 e. The van der Waals surface area contributed by atoms with E-state index >= 15 is 0 Å². The molecule has 0 fully saturated rings. The van der Waals surface area contributed by atoms with Gasteiger partial charge in [0.05, 0.1) is 11.7 Å². The van der Waals surface area contributed by atoms with Gasteiger partial charge in [0.25, 0.3) is 10.0 Å². The third kappa shape index (κ3) is 2.16. The highest BCUT2D eigenvalue weighted by Gasteiger charge is 2.17. The molecule has 3 N–H and O–H groups in total. The monoisotopic (exact) mass is 290 g/mol. The van der Waals surface area contributed by atoms with Gasteiger partial charge < -0.3 is 4.98 Å². The zero-order valence-electron chi connectivity index (χ0n) is 10.1. The fourth-order valence-corrected chi connectivity index (χ4v) is 2.93. The number of hydrogen-bond donors (Lipinski definition) is 3. The molecule has 8 heteroatoms. The Morgan fingerprint density at radius 2 is 2.05 bits per heavy atom. The van der Waals surface area contributed by atoms with Gasteiger partial charge in [-0.2, -0.15) is 5.10 Å². The first-order chi connectivity index (χ1) is 9.56. The second-order valence-corrected chi connectivity index (χ2v) is 5.80. The van der Waals surface area contributed by atoms with Crippen LogP contribution in [0, 0.1) is 0 Å². The Morgan fingerprint density at radius 1 is 1.20 bits per heavy atom. The van der Waals surface area contributed by atoms with Crippen LogP contribution in [0.2, 0.25) is 0 Å². The van der Waals surface area contributed by atoms with Crippen molar-refractivity contribution in [3.63, 3.8) is 0 Å². The van der Waals surface area contributed by atoms with Crippen LogP contribution in [-0.4, -0.2) is 23.6 Å². The number of nitrogens with zero attached hydrogens (tertiary/aromatic N) is 1. The lowest BCUT2D eigenvalue weighted by molar-refractivity contribution is 0.600. The number of aromatic amines is 2. The molecule has 0 bridgehead atoms. The number of aromatic nitrogens is 3. The Kier molecular flexibility index (Phi) is 2.79. The summed E-state index contributed by atoms with van der Waals surface area (Å²) in [6, 6.07) is 6.09. The summed E-state index contributed by atoms with van der Waals surface area (Å²) in [5.41, 5.74) is 0.591. The van der Waals surface area contributed by atoms with Crippen LogP contribution in [0.4, 0.5) is 5.69 Å². The molecule has 0 amide bonds. The summed E-state index contributed by atoms with van der Waals surface area (Å²) < 4.78 is 26.7. The number of rotatable bonds is 3. The van der Waals surface area contributed by atoms with Gasteiger partial charge in [-0.1, -0.05) is 0 Å². The van der Waals surface area contributed by atoms with Gasteiger partial charge >= 0.3 is 0 Å². The molecule has 0 saturated heterocycles. The highest BCUT2D eigenvalue weighted by molar-refractivity contribution is 7.92. The number of pyridine rings is 1. The second-order valence-electron chi connectivity index (χ2n) is 4.15. The molecule has 3 aromatic rings. The van der Waals surface area contributed by atoms with E-state index in [1.54, 1.807) is 24.4 Å². The second kappa shape index (κ2) is 4.49. The van der Waals surface area contributed by atoms with E-state index < -0.39 is 15.5 Å². The van der Waals surface area contributed by atoms with Crippen molar-refractivity contribution in [2.45, 2.75) is 4.90 Å². The average Bonchev–Trinajstić information content (AvgIpc) is 2.86. The van der Waals surface area contributed by atoms with Crippen molar-refractivity contribution in [3.05, 3.63) is 53.1 Å². The van der Waals surface area contributed by atoms with Crippen LogP contribution in [-0.2, 0) is 10.0 Å². The van der Waals surface area contributed by atoms with Gasteiger partial charge in [-0.25, -0.2) is 8.42 Å². The van der Waals surface area contributed by atoms with Crippen LogP contribution >= 0.6 is 0 Å². The summed E-state index contributed by atoms with van der Waals surface area (Å²) in [6.07, 6.45) is 4.11. The first kappa shape index (κ1) is 12.4. The lowest BCUT2D eigenvalue weighted by atomic mass is 10.2. The number of fused-ring (bicyclic) bond motifs is 1. The molecule has 3 rings (SSSR count). The van der Waals surface area contributed by atoms with E-state index in [0.717, 1.165) is 23.2 Å². The van der Waals surface area contributed by atoms with E-state index in [2.05, 4.69) is 19.9 Å². The predicted octanol–water partition coefficient (Wildman–Crippen LogP) is 1.05. The Morgan fingerprint density at radius 3 is 2.85 bits per heavy atom. The number of anilines is 1. The highest BCUT2D eigenvalue weighted by atomic mass is 32.2. The van der Waals surface area contributed by atoms with Gasteiger partial charge in [-0.3, -0.25) is 14.6 Å². The van der Waals surface area contributed by atoms with Crippen molar-refractivity contribution >= 4 is 26.6 Å². The normalized spacial score (nSPS) is 11.6. The lowest BCUT2D eigenvalue weighted by Gasteiger charge is -2.07. The van der Waals surface area contributed by atoms with E-state index in [4.69, 9.17) is 0 Å². The molecule has 2 aromatic heterocycles. The summed E-state index contributed by atoms with van der Waals surface area (Å²) in [6.45, 7) is 0. The largest absolute Gasteiger partial charge is 0.366 e. The van der Waals surface area contributed by atoms with E-state index in [1.165, 1.54) is 6.20 Å². The number of nitrogens with one attached hydrogen (secondary N) is 3. The van der Waals surface area contributed by atoms with Gasteiger partial charge in [0.15, 0.2) is 4.90 Å². The minimum Gasteiger partial charge on any atom is -0.366 e. The average molecular weight is 290 g/mol. The minimum atomic E-state index is -3.92. The molecule has 0 atom stereocenters. The molecule has 0 saturated carbocycles. The molecule has 0 radical (unpaired) electrons. The molecule has 0 unspecified atom stereocenters. The Labute approximate surface area is 113 Å². The summed E-state index contributed by atoms with van der Waals surface area (Å²) in [4.78, 5) is 13.8. The molecule has 0 aliphatic rings. The standard InChI is InChI=1S/C12H10N4O3S/c17-11-3-4-13-7-12(11)20(18,19)16-9-1-2-10-8(5-9)6-14-15-10/h1-7,16H,(H,13,17)(H,14,15). The topological polar surface area (TPSA) is 108 Å². The van der Waals surface area contributed by atoms with Gasteiger partial charge in [-0.15, -0.1) is 0 Å². The Balaban J connectivity index is 2.01. The van der Waals surface area contributed by atoms with E-state index in [-0.39, 0.29) is 4.90 Å². The number of hydrogen-bond acceptors (Lipinski definition) is 4. The van der Waals surface area contributed by atoms with Gasteiger partial charge in [0, 0.05) is 29.5 Å². The van der Waals surface area contributed by atoms with Crippen molar-refractivity contribution in [2.75, 3.05) is 4.72 Å². The summed E-state index contributed by atoms with van der Waals surface area (Å²) in [5, 5.41) is 7.39. The number of H-pyrrole nitrogens is 2. The maximum atomic E-state index is 12.1. The fraction of sp³-hybridized carbons (Fsp3) is 0. The molecule has 1 aromatic carbocycles.